The van der Waals surface area contributed by atoms with Crippen molar-refractivity contribution in [2.75, 3.05) is 48.0 Å². The van der Waals surface area contributed by atoms with Crippen molar-refractivity contribution >= 4 is 23.3 Å². The molecule has 0 aromatic carbocycles. The van der Waals surface area contributed by atoms with Gasteiger partial charge < -0.3 is 15.0 Å². The molecule has 1 aromatic heterocycles. The Balaban J connectivity index is 1.59. The first-order chi connectivity index (χ1) is 10.1. The van der Waals surface area contributed by atoms with E-state index in [0.29, 0.717) is 11.5 Å². The van der Waals surface area contributed by atoms with Gasteiger partial charge in [-0.25, -0.2) is 4.98 Å². The maximum Gasteiger partial charge on any atom is 0.128 e. The largest absolute Gasteiger partial charge is 0.380 e. The number of nitrogens with zero attached hydrogens (tertiary/aromatic N) is 2. The van der Waals surface area contributed by atoms with Crippen molar-refractivity contribution in [2.24, 2.45) is 5.41 Å². The van der Waals surface area contributed by atoms with Crippen LogP contribution in [-0.2, 0) is 4.74 Å². The smallest absolute Gasteiger partial charge is 0.128 e. The van der Waals surface area contributed by atoms with E-state index in [2.05, 4.69) is 52.9 Å². The first kappa shape index (κ1) is 15.0. The van der Waals surface area contributed by atoms with Crippen molar-refractivity contribution < 1.29 is 4.74 Å². The second kappa shape index (κ2) is 6.44. The number of nitrogens with one attached hydrogen (secondary N) is 1. The number of anilines is 2. The second-order valence-electron chi connectivity index (χ2n) is 6.73. The Hall–Kier alpha value is -0.940. The number of hydrogen-bond acceptors (Lipinski definition) is 5. The molecular weight excluding hydrogens is 282 g/mol. The number of hydrogen-bond donors (Lipinski definition) is 1. The summed E-state index contributed by atoms with van der Waals surface area (Å²) in [5.74, 6) is 3.51. The van der Waals surface area contributed by atoms with Crippen LogP contribution < -0.4 is 10.2 Å². The summed E-state index contributed by atoms with van der Waals surface area (Å²) in [6.45, 7) is 8.19. The standard InChI is InChI=1S/C16H25N3OS/c1-16(2)9-14(11-21-12-16)18-13-3-4-15(17-10-13)19-5-7-20-8-6-19/h3-4,10,14,18H,5-9,11-12H2,1-2H3. The Kier molecular flexibility index (Phi) is 4.60. The summed E-state index contributed by atoms with van der Waals surface area (Å²) in [6, 6.07) is 4.83. The van der Waals surface area contributed by atoms with Gasteiger partial charge in [0.15, 0.2) is 0 Å². The van der Waals surface area contributed by atoms with Crippen molar-refractivity contribution in [3.05, 3.63) is 18.3 Å². The molecule has 3 rings (SSSR count). The van der Waals surface area contributed by atoms with Crippen LogP contribution in [0.1, 0.15) is 20.3 Å². The zero-order valence-electron chi connectivity index (χ0n) is 13.0. The summed E-state index contributed by atoms with van der Waals surface area (Å²) in [5.41, 5.74) is 1.57. The monoisotopic (exact) mass is 307 g/mol. The fraction of sp³-hybridized carbons (Fsp3) is 0.688. The fourth-order valence-electron chi connectivity index (χ4n) is 3.04. The molecule has 21 heavy (non-hydrogen) atoms. The number of morpholine rings is 1. The van der Waals surface area contributed by atoms with E-state index in [-0.39, 0.29) is 0 Å². The molecule has 1 aromatic rings. The van der Waals surface area contributed by atoms with Crippen LogP contribution in [0.5, 0.6) is 0 Å². The summed E-state index contributed by atoms with van der Waals surface area (Å²) in [4.78, 5) is 6.89. The third-order valence-electron chi connectivity index (χ3n) is 4.06. The first-order valence-electron chi connectivity index (χ1n) is 7.75. The molecule has 2 fully saturated rings. The van der Waals surface area contributed by atoms with E-state index in [4.69, 9.17) is 4.74 Å². The average molecular weight is 307 g/mol. The van der Waals surface area contributed by atoms with Crippen molar-refractivity contribution in [2.45, 2.75) is 26.3 Å². The highest BCUT2D eigenvalue weighted by molar-refractivity contribution is 7.99. The lowest BCUT2D eigenvalue weighted by Crippen LogP contribution is -2.37. The Labute approximate surface area is 131 Å². The van der Waals surface area contributed by atoms with E-state index in [0.717, 1.165) is 37.8 Å². The first-order valence-corrected chi connectivity index (χ1v) is 8.91. The molecule has 2 aliphatic heterocycles. The quantitative estimate of drug-likeness (QED) is 0.929. The Morgan fingerprint density at radius 3 is 2.81 bits per heavy atom. The van der Waals surface area contributed by atoms with Gasteiger partial charge >= 0.3 is 0 Å². The summed E-state index contributed by atoms with van der Waals surface area (Å²) in [7, 11) is 0. The summed E-state index contributed by atoms with van der Waals surface area (Å²) in [5, 5.41) is 3.64. The normalized spacial score (nSPS) is 25.6. The van der Waals surface area contributed by atoms with Gasteiger partial charge in [0, 0.05) is 24.9 Å². The molecular formula is C16H25N3OS. The predicted octanol–water partition coefficient (Wildman–Crippen LogP) is 2.86. The van der Waals surface area contributed by atoms with E-state index < -0.39 is 0 Å². The average Bonchev–Trinajstić information content (AvgIpc) is 2.48. The van der Waals surface area contributed by atoms with Gasteiger partial charge in [0.2, 0.25) is 0 Å². The molecule has 0 bridgehead atoms. The number of pyridine rings is 1. The number of rotatable bonds is 3. The van der Waals surface area contributed by atoms with Crippen LogP contribution in [0.15, 0.2) is 18.3 Å². The van der Waals surface area contributed by atoms with Crippen LogP contribution in [0.2, 0.25) is 0 Å². The van der Waals surface area contributed by atoms with Gasteiger partial charge in [-0.3, -0.25) is 0 Å². The van der Waals surface area contributed by atoms with Gasteiger partial charge in [0.25, 0.3) is 0 Å². The molecule has 0 amide bonds. The molecule has 2 aliphatic rings. The minimum absolute atomic E-state index is 0.432. The molecule has 4 nitrogen and oxygen atoms in total. The van der Waals surface area contributed by atoms with Crippen molar-refractivity contribution in [1.82, 2.24) is 4.98 Å². The van der Waals surface area contributed by atoms with Gasteiger partial charge in [0.1, 0.15) is 5.82 Å². The molecule has 2 saturated heterocycles. The van der Waals surface area contributed by atoms with Crippen molar-refractivity contribution in [1.29, 1.82) is 0 Å². The zero-order chi connectivity index (χ0) is 14.7. The molecule has 0 radical (unpaired) electrons. The second-order valence-corrected chi connectivity index (χ2v) is 7.76. The molecule has 1 atom stereocenters. The number of thioether (sulfide) groups is 1. The van der Waals surface area contributed by atoms with Crippen LogP contribution >= 0.6 is 11.8 Å². The highest BCUT2D eigenvalue weighted by Crippen LogP contribution is 2.34. The highest BCUT2D eigenvalue weighted by atomic mass is 32.2. The number of ether oxygens (including phenoxy) is 1. The Bertz CT molecular complexity index is 457. The minimum atomic E-state index is 0.432. The van der Waals surface area contributed by atoms with Crippen LogP contribution in [0.25, 0.3) is 0 Å². The van der Waals surface area contributed by atoms with Gasteiger partial charge in [-0.15, -0.1) is 0 Å². The van der Waals surface area contributed by atoms with Crippen LogP contribution in [0, 0.1) is 5.41 Å². The lowest BCUT2D eigenvalue weighted by molar-refractivity contribution is 0.122. The molecule has 1 unspecified atom stereocenters. The maximum atomic E-state index is 5.38. The maximum absolute atomic E-state index is 5.38. The lowest BCUT2D eigenvalue weighted by Gasteiger charge is -2.35. The molecule has 116 valence electrons. The summed E-state index contributed by atoms with van der Waals surface area (Å²) in [6.07, 6.45) is 3.20. The van der Waals surface area contributed by atoms with Gasteiger partial charge in [-0.2, -0.15) is 11.8 Å². The molecule has 1 N–H and O–H groups in total. The van der Waals surface area contributed by atoms with Crippen LogP contribution in [0.3, 0.4) is 0 Å². The zero-order valence-corrected chi connectivity index (χ0v) is 13.8. The van der Waals surface area contributed by atoms with Crippen molar-refractivity contribution in [3.63, 3.8) is 0 Å². The fourth-order valence-corrected chi connectivity index (χ4v) is 4.32. The molecule has 0 spiro atoms. The van der Waals surface area contributed by atoms with Crippen molar-refractivity contribution in [3.8, 4) is 0 Å². The minimum Gasteiger partial charge on any atom is -0.380 e. The van der Waals surface area contributed by atoms with E-state index in [1.54, 1.807) is 0 Å². The summed E-state index contributed by atoms with van der Waals surface area (Å²) < 4.78 is 5.38. The lowest BCUT2D eigenvalue weighted by atomic mass is 9.88. The SMILES string of the molecule is CC1(C)CSCC(Nc2ccc(N3CCOCC3)nc2)C1. The predicted molar refractivity (Wildman–Crippen MR) is 90.4 cm³/mol. The number of aromatic nitrogens is 1. The van der Waals surface area contributed by atoms with E-state index in [1.807, 2.05) is 6.20 Å². The van der Waals surface area contributed by atoms with Gasteiger partial charge in [0.05, 0.1) is 25.1 Å². The molecule has 3 heterocycles. The van der Waals surface area contributed by atoms with E-state index in [9.17, 15) is 0 Å². The van der Waals surface area contributed by atoms with Gasteiger partial charge in [-0.05, 0) is 29.7 Å². The summed E-state index contributed by atoms with van der Waals surface area (Å²) >= 11 is 2.05. The van der Waals surface area contributed by atoms with Crippen LogP contribution in [-0.4, -0.2) is 48.8 Å². The Morgan fingerprint density at radius 1 is 1.33 bits per heavy atom. The van der Waals surface area contributed by atoms with E-state index in [1.165, 1.54) is 17.9 Å². The topological polar surface area (TPSA) is 37.4 Å². The van der Waals surface area contributed by atoms with E-state index >= 15 is 0 Å². The third-order valence-corrected chi connectivity index (χ3v) is 5.69. The third kappa shape index (κ3) is 4.04. The van der Waals surface area contributed by atoms with Crippen LogP contribution in [0.4, 0.5) is 11.5 Å². The molecule has 0 aliphatic carbocycles. The molecule has 5 heteroatoms. The van der Waals surface area contributed by atoms with Gasteiger partial charge in [-0.1, -0.05) is 13.8 Å². The highest BCUT2D eigenvalue weighted by Gasteiger charge is 2.28. The molecule has 0 saturated carbocycles. The Morgan fingerprint density at radius 2 is 2.14 bits per heavy atom.